The van der Waals surface area contributed by atoms with Gasteiger partial charge >= 0.3 is 6.09 Å². The van der Waals surface area contributed by atoms with Crippen LogP contribution in [0.5, 0.6) is 5.75 Å². The maximum Gasteiger partial charge on any atom is 0.407 e. The van der Waals surface area contributed by atoms with Gasteiger partial charge in [0.25, 0.3) is 0 Å². The molecule has 1 aliphatic rings. The number of ether oxygens (including phenoxy) is 2. The second-order valence-corrected chi connectivity index (χ2v) is 9.62. The van der Waals surface area contributed by atoms with Crippen molar-refractivity contribution in [2.75, 3.05) is 11.9 Å². The van der Waals surface area contributed by atoms with Gasteiger partial charge in [-0.1, -0.05) is 24.1 Å². The number of fused-ring (bicyclic) bond motifs is 1. The Kier molecular flexibility index (Phi) is 8.28. The number of alkyl carbamates (subject to hydrolysis) is 1. The number of amides is 2. The fourth-order valence-corrected chi connectivity index (χ4v) is 5.56. The fourth-order valence-electron chi connectivity index (χ4n) is 4.27. The third kappa shape index (κ3) is 6.07. The van der Waals surface area contributed by atoms with Crippen LogP contribution in [-0.4, -0.2) is 34.5 Å². The summed E-state index contributed by atoms with van der Waals surface area (Å²) < 4.78 is 13.0. The second-order valence-electron chi connectivity index (χ2n) is 8.51. The SMILES string of the molecule is C#Cc1c(NC(=O)CCc2ccccc2OCC)sc2c1CCC(OC(=O)NCc1ccnn1C)C2. The molecule has 0 bridgehead atoms. The van der Waals surface area contributed by atoms with Crippen LogP contribution in [0.3, 0.4) is 0 Å². The number of anilines is 1. The van der Waals surface area contributed by atoms with Gasteiger partial charge in [0.15, 0.2) is 0 Å². The molecule has 2 aromatic heterocycles. The van der Waals surface area contributed by atoms with Crippen LogP contribution in [0.2, 0.25) is 0 Å². The number of para-hydroxylation sites is 1. The second kappa shape index (κ2) is 11.8. The molecule has 0 aliphatic heterocycles. The predicted molar refractivity (Wildman–Crippen MR) is 139 cm³/mol. The molecule has 3 aromatic rings. The van der Waals surface area contributed by atoms with Gasteiger partial charge in [0, 0.05) is 31.0 Å². The first-order valence-corrected chi connectivity index (χ1v) is 12.8. The van der Waals surface area contributed by atoms with E-state index < -0.39 is 6.09 Å². The number of nitrogens with zero attached hydrogens (tertiary/aromatic N) is 2. The number of terminal acetylenes is 1. The fraction of sp³-hybridized carbons (Fsp3) is 0.370. The van der Waals surface area contributed by atoms with Gasteiger partial charge in [-0.3, -0.25) is 9.48 Å². The lowest BCUT2D eigenvalue weighted by atomic mass is 9.93. The molecule has 9 heteroatoms. The summed E-state index contributed by atoms with van der Waals surface area (Å²) in [5.41, 5.74) is 3.68. The lowest BCUT2D eigenvalue weighted by Gasteiger charge is -2.22. The van der Waals surface area contributed by atoms with Crippen LogP contribution in [0, 0.1) is 12.3 Å². The summed E-state index contributed by atoms with van der Waals surface area (Å²) in [6.07, 6.45) is 9.63. The summed E-state index contributed by atoms with van der Waals surface area (Å²) in [4.78, 5) is 26.1. The summed E-state index contributed by atoms with van der Waals surface area (Å²) in [6, 6.07) is 9.59. The zero-order chi connectivity index (χ0) is 25.5. The van der Waals surface area contributed by atoms with Gasteiger partial charge in [-0.2, -0.15) is 5.10 Å². The topological polar surface area (TPSA) is 94.5 Å². The van der Waals surface area contributed by atoms with Crippen LogP contribution >= 0.6 is 11.3 Å². The van der Waals surface area contributed by atoms with Gasteiger partial charge in [0.1, 0.15) is 16.9 Å². The molecule has 0 saturated heterocycles. The third-order valence-electron chi connectivity index (χ3n) is 6.12. The molecule has 1 aromatic carbocycles. The van der Waals surface area contributed by atoms with E-state index in [-0.39, 0.29) is 12.0 Å². The molecule has 0 spiro atoms. The van der Waals surface area contributed by atoms with E-state index >= 15 is 0 Å². The minimum atomic E-state index is -0.459. The van der Waals surface area contributed by atoms with E-state index in [1.54, 1.807) is 10.9 Å². The number of hydrogen-bond donors (Lipinski definition) is 2. The van der Waals surface area contributed by atoms with Crippen molar-refractivity contribution in [1.82, 2.24) is 15.1 Å². The van der Waals surface area contributed by atoms with Crippen LogP contribution in [0.1, 0.15) is 47.0 Å². The van der Waals surface area contributed by atoms with E-state index in [9.17, 15) is 9.59 Å². The molecule has 4 rings (SSSR count). The number of aryl methyl sites for hydroxylation is 2. The normalized spacial score (nSPS) is 14.4. The van der Waals surface area contributed by atoms with Gasteiger partial charge in [0.2, 0.25) is 5.91 Å². The Morgan fingerprint density at radius 3 is 2.89 bits per heavy atom. The molecule has 1 atom stereocenters. The number of benzene rings is 1. The Morgan fingerprint density at radius 1 is 1.31 bits per heavy atom. The number of thiophene rings is 1. The smallest absolute Gasteiger partial charge is 0.407 e. The maximum atomic E-state index is 12.7. The molecule has 2 N–H and O–H groups in total. The molecule has 36 heavy (non-hydrogen) atoms. The average molecular weight is 507 g/mol. The van der Waals surface area contributed by atoms with E-state index in [4.69, 9.17) is 15.9 Å². The molecule has 2 heterocycles. The largest absolute Gasteiger partial charge is 0.494 e. The molecule has 8 nitrogen and oxygen atoms in total. The molecular weight excluding hydrogens is 476 g/mol. The number of aromatic nitrogens is 2. The molecule has 2 amide bonds. The van der Waals surface area contributed by atoms with Crippen molar-refractivity contribution in [3.8, 4) is 18.1 Å². The summed E-state index contributed by atoms with van der Waals surface area (Å²) >= 11 is 1.47. The number of hydrogen-bond acceptors (Lipinski definition) is 6. The molecule has 0 radical (unpaired) electrons. The van der Waals surface area contributed by atoms with Crippen LogP contribution in [0.15, 0.2) is 36.5 Å². The zero-order valence-electron chi connectivity index (χ0n) is 20.5. The van der Waals surface area contributed by atoms with E-state index in [2.05, 4.69) is 21.7 Å². The first kappa shape index (κ1) is 25.3. The quantitative estimate of drug-likeness (QED) is 0.424. The predicted octanol–water partition coefficient (Wildman–Crippen LogP) is 4.22. The average Bonchev–Trinajstić information content (AvgIpc) is 3.43. The standard InChI is InChI=1S/C27H30N4O4S/c1-4-21-22-12-11-20(35-27(33)28-17-19-14-15-29-31(19)3)16-24(22)36-26(21)30-25(32)13-10-18-8-6-7-9-23(18)34-5-2/h1,6-9,14-15,20H,5,10-13,16-17H2,2-3H3,(H,28,33)(H,30,32). The van der Waals surface area contributed by atoms with Crippen LogP contribution in [0.25, 0.3) is 0 Å². The van der Waals surface area contributed by atoms with Crippen molar-refractivity contribution < 1.29 is 19.1 Å². The monoisotopic (exact) mass is 506 g/mol. The van der Waals surface area contributed by atoms with E-state index in [1.807, 2.05) is 44.3 Å². The highest BCUT2D eigenvalue weighted by Crippen LogP contribution is 2.38. The van der Waals surface area contributed by atoms with E-state index in [0.29, 0.717) is 50.3 Å². The van der Waals surface area contributed by atoms with Gasteiger partial charge in [-0.25, -0.2) is 4.79 Å². The lowest BCUT2D eigenvalue weighted by Crippen LogP contribution is -2.32. The molecule has 0 saturated carbocycles. The van der Waals surface area contributed by atoms with E-state index in [1.165, 1.54) is 11.3 Å². The minimum absolute atomic E-state index is 0.0984. The van der Waals surface area contributed by atoms with Gasteiger partial charge in [-0.15, -0.1) is 17.8 Å². The molecule has 188 valence electrons. The number of nitrogens with one attached hydrogen (secondary N) is 2. The summed E-state index contributed by atoms with van der Waals surface area (Å²) in [6.45, 7) is 2.86. The van der Waals surface area contributed by atoms with Crippen molar-refractivity contribution in [3.05, 3.63) is 63.8 Å². The highest BCUT2D eigenvalue weighted by Gasteiger charge is 2.28. The Labute approximate surface area is 215 Å². The van der Waals surface area contributed by atoms with Gasteiger partial charge in [0.05, 0.1) is 24.4 Å². The molecule has 0 fully saturated rings. The Morgan fingerprint density at radius 2 is 2.14 bits per heavy atom. The van der Waals surface area contributed by atoms with Crippen molar-refractivity contribution in [1.29, 1.82) is 0 Å². The highest BCUT2D eigenvalue weighted by atomic mass is 32.1. The van der Waals surface area contributed by atoms with Gasteiger partial charge < -0.3 is 20.1 Å². The summed E-state index contributed by atoms with van der Waals surface area (Å²) in [5.74, 6) is 3.46. The van der Waals surface area contributed by atoms with Crippen molar-refractivity contribution in [2.24, 2.45) is 7.05 Å². The number of carbonyl (C=O) groups excluding carboxylic acids is 2. The highest BCUT2D eigenvalue weighted by molar-refractivity contribution is 7.16. The van der Waals surface area contributed by atoms with E-state index in [0.717, 1.165) is 33.0 Å². The minimum Gasteiger partial charge on any atom is -0.494 e. The zero-order valence-corrected chi connectivity index (χ0v) is 21.3. The Balaban J connectivity index is 1.33. The molecule has 1 aliphatic carbocycles. The van der Waals surface area contributed by atoms with Crippen LogP contribution in [0.4, 0.5) is 9.80 Å². The first-order valence-electron chi connectivity index (χ1n) is 12.0. The first-order chi connectivity index (χ1) is 17.5. The molecule has 1 unspecified atom stereocenters. The van der Waals surface area contributed by atoms with Crippen molar-refractivity contribution >= 4 is 28.3 Å². The number of rotatable bonds is 9. The summed E-state index contributed by atoms with van der Waals surface area (Å²) in [7, 11) is 1.82. The summed E-state index contributed by atoms with van der Waals surface area (Å²) in [5, 5.41) is 10.6. The van der Waals surface area contributed by atoms with Crippen molar-refractivity contribution in [3.63, 3.8) is 0 Å². The molecular formula is C27H30N4O4S. The van der Waals surface area contributed by atoms with Crippen LogP contribution in [-0.2, 0) is 42.4 Å². The Hall–Kier alpha value is -3.77. The Bertz CT molecular complexity index is 1270. The number of carbonyl (C=O) groups is 2. The maximum absolute atomic E-state index is 12.7. The lowest BCUT2D eigenvalue weighted by molar-refractivity contribution is -0.116. The van der Waals surface area contributed by atoms with Gasteiger partial charge in [-0.05, 0) is 49.4 Å². The van der Waals surface area contributed by atoms with Crippen LogP contribution < -0.4 is 15.4 Å². The third-order valence-corrected chi connectivity index (χ3v) is 7.29. The van der Waals surface area contributed by atoms with Crippen molar-refractivity contribution in [2.45, 2.75) is 51.7 Å².